The van der Waals surface area contributed by atoms with Crippen LogP contribution in [0.15, 0.2) is 47.1 Å². The Balaban J connectivity index is 1.54. The van der Waals surface area contributed by atoms with Gasteiger partial charge in [-0.2, -0.15) is 5.10 Å². The van der Waals surface area contributed by atoms with Crippen molar-refractivity contribution in [2.24, 2.45) is 0 Å². The number of aromatic nitrogens is 3. The van der Waals surface area contributed by atoms with Gasteiger partial charge in [-0.25, -0.2) is 0 Å². The minimum atomic E-state index is -0.676. The maximum atomic E-state index is 12.4. The maximum Gasteiger partial charge on any atom is 0.242 e. The van der Waals surface area contributed by atoms with Crippen LogP contribution in [0.2, 0.25) is 0 Å². The molecular weight excluding hydrogens is 418 g/mol. The Morgan fingerprint density at radius 3 is 2.74 bits per heavy atom. The van der Waals surface area contributed by atoms with Crippen molar-refractivity contribution in [3.8, 4) is 17.1 Å². The molecule has 3 aromatic rings. The second-order valence-electron chi connectivity index (χ2n) is 6.80. The maximum absolute atomic E-state index is 12.4. The molecule has 3 rings (SSSR count). The summed E-state index contributed by atoms with van der Waals surface area (Å²) < 4.78 is 12.8. The van der Waals surface area contributed by atoms with Gasteiger partial charge in [-0.3, -0.25) is 19.3 Å². The van der Waals surface area contributed by atoms with Crippen molar-refractivity contribution in [2.75, 3.05) is 6.61 Å². The third-order valence-electron chi connectivity index (χ3n) is 4.53. The summed E-state index contributed by atoms with van der Waals surface area (Å²) in [6, 6.07) is 10.3. The number of hydrogen-bond acceptors (Lipinski definition) is 6. The highest BCUT2D eigenvalue weighted by molar-refractivity contribution is 7.71. The number of nitrogens with zero attached hydrogens (tertiary/aromatic N) is 2. The SMILES string of the molecule is CCOc1ccc(-c2n[nH]c(=S)n2CCC(=O)NC(C)C(=O)NCc2ccco2)cc1. The summed E-state index contributed by atoms with van der Waals surface area (Å²) in [5.41, 5.74) is 0.849. The molecule has 0 aliphatic heterocycles. The number of rotatable bonds is 10. The molecule has 2 aromatic heterocycles. The molecule has 1 atom stereocenters. The molecule has 0 spiro atoms. The third kappa shape index (κ3) is 6.05. The molecule has 3 N–H and O–H groups in total. The lowest BCUT2D eigenvalue weighted by atomic mass is 10.2. The zero-order chi connectivity index (χ0) is 22.2. The molecule has 164 valence electrons. The molecule has 2 amide bonds. The summed E-state index contributed by atoms with van der Waals surface area (Å²) in [5, 5.41) is 12.5. The number of carbonyl (C=O) groups is 2. The Bertz CT molecular complexity index is 1060. The summed E-state index contributed by atoms with van der Waals surface area (Å²) in [4.78, 5) is 24.5. The summed E-state index contributed by atoms with van der Waals surface area (Å²) in [5.74, 6) is 1.49. The van der Waals surface area contributed by atoms with Crippen molar-refractivity contribution in [2.45, 2.75) is 39.4 Å². The molecule has 2 heterocycles. The summed E-state index contributed by atoms with van der Waals surface area (Å²) in [6.07, 6.45) is 1.68. The number of furan rings is 1. The van der Waals surface area contributed by atoms with Gasteiger partial charge in [0.1, 0.15) is 17.6 Å². The lowest BCUT2D eigenvalue weighted by Gasteiger charge is -2.14. The fraction of sp³-hybridized carbons (Fsp3) is 0.333. The van der Waals surface area contributed by atoms with E-state index < -0.39 is 6.04 Å². The van der Waals surface area contributed by atoms with Gasteiger partial charge < -0.3 is 19.8 Å². The van der Waals surface area contributed by atoms with Crippen LogP contribution in [0.4, 0.5) is 0 Å². The second-order valence-corrected chi connectivity index (χ2v) is 7.18. The molecule has 31 heavy (non-hydrogen) atoms. The van der Waals surface area contributed by atoms with Gasteiger partial charge in [-0.1, -0.05) is 0 Å². The van der Waals surface area contributed by atoms with Gasteiger partial charge in [0.2, 0.25) is 11.8 Å². The van der Waals surface area contributed by atoms with Crippen molar-refractivity contribution in [3.05, 3.63) is 53.2 Å². The Morgan fingerprint density at radius 2 is 2.06 bits per heavy atom. The predicted molar refractivity (Wildman–Crippen MR) is 117 cm³/mol. The molecule has 0 bridgehead atoms. The number of aromatic amines is 1. The third-order valence-corrected chi connectivity index (χ3v) is 4.84. The molecular formula is C21H25N5O4S. The van der Waals surface area contributed by atoms with Crippen LogP contribution >= 0.6 is 12.2 Å². The van der Waals surface area contributed by atoms with E-state index in [9.17, 15) is 9.59 Å². The van der Waals surface area contributed by atoms with E-state index in [1.165, 1.54) is 6.26 Å². The average Bonchev–Trinajstić information content (AvgIpc) is 3.41. The van der Waals surface area contributed by atoms with Crippen LogP contribution in [-0.4, -0.2) is 39.2 Å². The molecule has 0 aliphatic carbocycles. The largest absolute Gasteiger partial charge is 0.494 e. The monoisotopic (exact) mass is 443 g/mol. The fourth-order valence-corrected chi connectivity index (χ4v) is 3.17. The summed E-state index contributed by atoms with van der Waals surface area (Å²) in [6.45, 7) is 4.73. The number of carbonyl (C=O) groups excluding carboxylic acids is 2. The minimum Gasteiger partial charge on any atom is -0.494 e. The molecule has 9 nitrogen and oxygen atoms in total. The molecule has 0 aliphatic rings. The van der Waals surface area contributed by atoms with Crippen molar-refractivity contribution in [1.82, 2.24) is 25.4 Å². The van der Waals surface area contributed by atoms with Crippen molar-refractivity contribution in [3.63, 3.8) is 0 Å². The Labute approximate surface area is 184 Å². The zero-order valence-electron chi connectivity index (χ0n) is 17.4. The normalized spacial score (nSPS) is 11.7. The first-order valence-electron chi connectivity index (χ1n) is 9.95. The lowest BCUT2D eigenvalue weighted by Crippen LogP contribution is -2.44. The highest BCUT2D eigenvalue weighted by Gasteiger charge is 2.17. The molecule has 0 fully saturated rings. The number of benzene rings is 1. The Kier molecular flexibility index (Phi) is 7.60. The van der Waals surface area contributed by atoms with Crippen LogP contribution < -0.4 is 15.4 Å². The first-order chi connectivity index (χ1) is 15.0. The molecule has 1 aromatic carbocycles. The van der Waals surface area contributed by atoms with E-state index in [4.69, 9.17) is 21.4 Å². The highest BCUT2D eigenvalue weighted by atomic mass is 32.1. The van der Waals surface area contributed by atoms with E-state index in [0.717, 1.165) is 11.3 Å². The van der Waals surface area contributed by atoms with Crippen LogP contribution in [0.3, 0.4) is 0 Å². The smallest absolute Gasteiger partial charge is 0.242 e. The number of ether oxygens (including phenoxy) is 1. The van der Waals surface area contributed by atoms with Crippen LogP contribution in [0.1, 0.15) is 26.0 Å². The number of hydrogen-bond donors (Lipinski definition) is 3. The van der Waals surface area contributed by atoms with Crippen molar-refractivity contribution >= 4 is 24.0 Å². The molecule has 0 saturated heterocycles. The van der Waals surface area contributed by atoms with Gasteiger partial charge in [0.25, 0.3) is 0 Å². The summed E-state index contributed by atoms with van der Waals surface area (Å²) >= 11 is 5.31. The van der Waals surface area contributed by atoms with Crippen LogP contribution in [0, 0.1) is 4.77 Å². The van der Waals surface area contributed by atoms with Gasteiger partial charge in [0.05, 0.1) is 19.4 Å². The summed E-state index contributed by atoms with van der Waals surface area (Å²) in [7, 11) is 0. The van der Waals surface area contributed by atoms with Crippen molar-refractivity contribution < 1.29 is 18.7 Å². The van der Waals surface area contributed by atoms with Gasteiger partial charge in [-0.05, 0) is 62.5 Å². The quantitative estimate of drug-likeness (QED) is 0.415. The molecule has 10 heteroatoms. The first-order valence-corrected chi connectivity index (χ1v) is 10.4. The topological polar surface area (TPSA) is 114 Å². The number of nitrogens with one attached hydrogen (secondary N) is 3. The molecule has 0 saturated carbocycles. The van der Waals surface area contributed by atoms with Crippen LogP contribution in [0.5, 0.6) is 5.75 Å². The van der Waals surface area contributed by atoms with Crippen LogP contribution in [0.25, 0.3) is 11.4 Å². The van der Waals surface area contributed by atoms with Gasteiger partial charge >= 0.3 is 0 Å². The first kappa shape index (κ1) is 22.3. The van der Waals surface area contributed by atoms with Gasteiger partial charge in [0, 0.05) is 18.5 Å². The van der Waals surface area contributed by atoms with Gasteiger partial charge in [0.15, 0.2) is 10.6 Å². The molecule has 1 unspecified atom stereocenters. The van der Waals surface area contributed by atoms with E-state index in [1.54, 1.807) is 23.6 Å². The standard InChI is InChI=1S/C21H25N5O4S/c1-3-29-16-8-6-15(7-9-16)19-24-25-21(31)26(19)11-10-18(27)23-14(2)20(28)22-13-17-5-4-12-30-17/h4-9,12,14H,3,10-11,13H2,1-2H3,(H,22,28)(H,23,27)(H,25,31). The van der Waals surface area contributed by atoms with Gasteiger partial charge in [-0.15, -0.1) is 0 Å². The van der Waals surface area contributed by atoms with E-state index in [0.29, 0.717) is 29.5 Å². The Hall–Kier alpha value is -3.40. The fourth-order valence-electron chi connectivity index (χ4n) is 2.95. The predicted octanol–water partition coefficient (Wildman–Crippen LogP) is 2.81. The zero-order valence-corrected chi connectivity index (χ0v) is 18.2. The van der Waals surface area contributed by atoms with Crippen molar-refractivity contribution in [1.29, 1.82) is 0 Å². The lowest BCUT2D eigenvalue weighted by molar-refractivity contribution is -0.128. The minimum absolute atomic E-state index is 0.147. The van der Waals surface area contributed by atoms with E-state index in [-0.39, 0.29) is 24.8 Å². The van der Waals surface area contributed by atoms with Crippen LogP contribution in [-0.2, 0) is 22.7 Å². The van der Waals surface area contributed by atoms with E-state index in [1.807, 2.05) is 31.2 Å². The number of amides is 2. The highest BCUT2D eigenvalue weighted by Crippen LogP contribution is 2.21. The van der Waals surface area contributed by atoms with E-state index >= 15 is 0 Å². The Morgan fingerprint density at radius 1 is 1.29 bits per heavy atom. The molecule has 0 radical (unpaired) electrons. The average molecular weight is 444 g/mol. The van der Waals surface area contributed by atoms with E-state index in [2.05, 4.69) is 20.8 Å². The number of H-pyrrole nitrogens is 1. The second kappa shape index (κ2) is 10.6.